The third-order valence-corrected chi connectivity index (χ3v) is 4.83. The van der Waals surface area contributed by atoms with Gasteiger partial charge in [-0.25, -0.2) is 0 Å². The largest absolute Gasteiger partial charge is 0.462 e. The Morgan fingerprint density at radius 1 is 1.15 bits per heavy atom. The normalized spacial score (nSPS) is 15.9. The van der Waals surface area contributed by atoms with Crippen molar-refractivity contribution < 1.29 is 19.1 Å². The Morgan fingerprint density at radius 2 is 1.85 bits per heavy atom. The smallest absolute Gasteiger partial charge is 0.326 e. The number of aromatic nitrogens is 1. The van der Waals surface area contributed by atoms with Crippen molar-refractivity contribution in [1.82, 2.24) is 9.47 Å². The molecule has 0 bridgehead atoms. The first-order chi connectivity index (χ1) is 12.9. The van der Waals surface area contributed by atoms with Gasteiger partial charge in [0, 0.05) is 17.1 Å². The number of nitrogens with zero attached hydrogens (tertiary/aromatic N) is 2. The standard InChI is InChI=1S/C20H20N2O4S/c1-13(2)26-18(23)12-21-19(24)17(27-20(21)25)11-16-10-9-14(3)22(16)15-7-5-4-6-8-15/h4-11,13H,12H2,1-3H3/b17-11+. The molecule has 1 aliphatic heterocycles. The molecule has 0 radical (unpaired) electrons. The Bertz CT molecular complexity index is 915. The minimum Gasteiger partial charge on any atom is -0.462 e. The summed E-state index contributed by atoms with van der Waals surface area (Å²) in [7, 11) is 0. The van der Waals surface area contributed by atoms with Crippen LogP contribution in [-0.2, 0) is 14.3 Å². The van der Waals surface area contributed by atoms with E-state index in [9.17, 15) is 14.4 Å². The molecule has 1 aliphatic rings. The van der Waals surface area contributed by atoms with E-state index in [0.717, 1.165) is 33.7 Å². The van der Waals surface area contributed by atoms with Gasteiger partial charge in [0.05, 0.1) is 11.0 Å². The molecule has 7 heteroatoms. The van der Waals surface area contributed by atoms with Gasteiger partial charge in [-0.15, -0.1) is 0 Å². The van der Waals surface area contributed by atoms with Gasteiger partial charge in [-0.3, -0.25) is 19.3 Å². The van der Waals surface area contributed by atoms with Crippen LogP contribution < -0.4 is 0 Å². The third-order valence-electron chi connectivity index (χ3n) is 3.93. The number of hydrogen-bond donors (Lipinski definition) is 0. The number of ether oxygens (including phenoxy) is 1. The lowest BCUT2D eigenvalue weighted by Crippen LogP contribution is -2.35. The summed E-state index contributed by atoms with van der Waals surface area (Å²) in [5.74, 6) is -1.08. The molecule has 6 nitrogen and oxygen atoms in total. The maximum atomic E-state index is 12.6. The number of benzene rings is 1. The summed E-state index contributed by atoms with van der Waals surface area (Å²) in [6.07, 6.45) is 1.38. The second-order valence-corrected chi connectivity index (χ2v) is 7.37. The van der Waals surface area contributed by atoms with Crippen LogP contribution in [0.5, 0.6) is 0 Å². The molecule has 0 unspecified atom stereocenters. The Hall–Kier alpha value is -2.80. The van der Waals surface area contributed by atoms with Crippen LogP contribution >= 0.6 is 11.8 Å². The third kappa shape index (κ3) is 4.14. The van der Waals surface area contributed by atoms with E-state index in [1.807, 2.05) is 54.0 Å². The number of thioether (sulfide) groups is 1. The molecular weight excluding hydrogens is 364 g/mol. The quantitative estimate of drug-likeness (QED) is 0.580. The molecule has 3 rings (SSSR count). The van der Waals surface area contributed by atoms with Gasteiger partial charge in [-0.1, -0.05) is 18.2 Å². The highest BCUT2D eigenvalue weighted by Gasteiger charge is 2.37. The van der Waals surface area contributed by atoms with Crippen molar-refractivity contribution in [2.75, 3.05) is 6.54 Å². The molecule has 0 aliphatic carbocycles. The lowest BCUT2D eigenvalue weighted by molar-refractivity contribution is -0.149. The minimum atomic E-state index is -0.600. The van der Waals surface area contributed by atoms with Gasteiger partial charge in [0.25, 0.3) is 11.1 Å². The van der Waals surface area contributed by atoms with E-state index in [2.05, 4.69) is 0 Å². The Morgan fingerprint density at radius 3 is 2.52 bits per heavy atom. The predicted octanol–water partition coefficient (Wildman–Crippen LogP) is 3.77. The fraction of sp³-hybridized carbons (Fsp3) is 0.250. The van der Waals surface area contributed by atoms with E-state index in [-0.39, 0.29) is 17.6 Å². The molecule has 2 aromatic rings. The maximum Gasteiger partial charge on any atom is 0.326 e. The summed E-state index contributed by atoms with van der Waals surface area (Å²) < 4.78 is 7.03. The topological polar surface area (TPSA) is 68.6 Å². The lowest BCUT2D eigenvalue weighted by Gasteiger charge is -2.13. The SMILES string of the molecule is Cc1ccc(/C=C2/SC(=O)N(CC(=O)OC(C)C)C2=O)n1-c1ccccc1. The summed E-state index contributed by atoms with van der Waals surface area (Å²) in [4.78, 5) is 37.8. The molecule has 0 spiro atoms. The highest BCUT2D eigenvalue weighted by atomic mass is 32.2. The molecule has 27 heavy (non-hydrogen) atoms. The molecular formula is C20H20N2O4S. The van der Waals surface area contributed by atoms with Gasteiger partial charge in [-0.2, -0.15) is 0 Å². The van der Waals surface area contributed by atoms with Crippen molar-refractivity contribution in [1.29, 1.82) is 0 Å². The van der Waals surface area contributed by atoms with Crippen molar-refractivity contribution >= 4 is 35.0 Å². The predicted molar refractivity (Wildman–Crippen MR) is 104 cm³/mol. The molecule has 2 heterocycles. The van der Waals surface area contributed by atoms with Crippen molar-refractivity contribution in [2.45, 2.75) is 26.9 Å². The van der Waals surface area contributed by atoms with Crippen LogP contribution in [0.3, 0.4) is 0 Å². The number of para-hydroxylation sites is 1. The summed E-state index contributed by atoms with van der Waals surface area (Å²) in [6.45, 7) is 5.02. The van der Waals surface area contributed by atoms with Crippen LogP contribution in [0.2, 0.25) is 0 Å². The number of esters is 1. The second-order valence-electron chi connectivity index (χ2n) is 6.38. The van der Waals surface area contributed by atoms with E-state index in [1.165, 1.54) is 0 Å². The number of hydrogen-bond acceptors (Lipinski definition) is 5. The minimum absolute atomic E-state index is 0.285. The summed E-state index contributed by atoms with van der Waals surface area (Å²) in [6, 6.07) is 13.6. The number of amides is 2. The van der Waals surface area contributed by atoms with Gasteiger partial charge < -0.3 is 9.30 Å². The number of carbonyl (C=O) groups is 3. The average molecular weight is 384 g/mol. The average Bonchev–Trinajstić information content (AvgIpc) is 3.10. The molecule has 0 N–H and O–H groups in total. The zero-order valence-electron chi connectivity index (χ0n) is 15.3. The molecule has 1 aromatic carbocycles. The number of carbonyl (C=O) groups excluding carboxylic acids is 3. The van der Waals surface area contributed by atoms with Crippen LogP contribution in [-0.4, -0.2) is 39.2 Å². The van der Waals surface area contributed by atoms with Gasteiger partial charge >= 0.3 is 5.97 Å². The van der Waals surface area contributed by atoms with Gasteiger partial charge in [0.15, 0.2) is 0 Å². The van der Waals surface area contributed by atoms with Crippen LogP contribution in [0.15, 0.2) is 47.4 Å². The first-order valence-corrected chi connectivity index (χ1v) is 9.37. The lowest BCUT2D eigenvalue weighted by atomic mass is 10.3. The zero-order chi connectivity index (χ0) is 19.6. The van der Waals surface area contributed by atoms with Crippen LogP contribution in [0.4, 0.5) is 4.79 Å². The molecule has 0 atom stereocenters. The van der Waals surface area contributed by atoms with E-state index in [4.69, 9.17) is 4.74 Å². The molecule has 0 saturated carbocycles. The highest BCUT2D eigenvalue weighted by molar-refractivity contribution is 8.18. The monoisotopic (exact) mass is 384 g/mol. The molecule has 1 saturated heterocycles. The Balaban J connectivity index is 1.86. The first-order valence-electron chi connectivity index (χ1n) is 8.55. The summed E-state index contributed by atoms with van der Waals surface area (Å²) in [5, 5.41) is -0.471. The van der Waals surface area contributed by atoms with Gasteiger partial charge in [0.1, 0.15) is 6.54 Å². The van der Waals surface area contributed by atoms with Crippen LogP contribution in [0.1, 0.15) is 25.2 Å². The number of aryl methyl sites for hydroxylation is 1. The number of imide groups is 1. The zero-order valence-corrected chi connectivity index (χ0v) is 16.2. The summed E-state index contributed by atoms with van der Waals surface area (Å²) >= 11 is 0.828. The Labute approximate surface area is 161 Å². The Kier molecular flexibility index (Phi) is 5.51. The van der Waals surface area contributed by atoms with E-state index in [0.29, 0.717) is 0 Å². The maximum absolute atomic E-state index is 12.6. The van der Waals surface area contributed by atoms with E-state index in [1.54, 1.807) is 19.9 Å². The van der Waals surface area contributed by atoms with Gasteiger partial charge in [-0.05, 0) is 62.9 Å². The molecule has 1 fully saturated rings. The second kappa shape index (κ2) is 7.84. The van der Waals surface area contributed by atoms with E-state index >= 15 is 0 Å². The fourth-order valence-corrected chi connectivity index (χ4v) is 3.62. The first kappa shape index (κ1) is 19.0. The molecule has 1 aromatic heterocycles. The van der Waals surface area contributed by atoms with E-state index < -0.39 is 17.1 Å². The van der Waals surface area contributed by atoms with Crippen LogP contribution in [0, 0.1) is 6.92 Å². The highest BCUT2D eigenvalue weighted by Crippen LogP contribution is 2.33. The van der Waals surface area contributed by atoms with Crippen LogP contribution in [0.25, 0.3) is 11.8 Å². The molecule has 140 valence electrons. The fourth-order valence-electron chi connectivity index (χ4n) is 2.80. The summed E-state index contributed by atoms with van der Waals surface area (Å²) in [5.41, 5.74) is 2.76. The molecule has 2 amide bonds. The van der Waals surface area contributed by atoms with Crippen molar-refractivity contribution in [3.8, 4) is 5.69 Å². The van der Waals surface area contributed by atoms with Gasteiger partial charge in [0.2, 0.25) is 0 Å². The van der Waals surface area contributed by atoms with Crippen molar-refractivity contribution in [3.05, 3.63) is 58.8 Å². The van der Waals surface area contributed by atoms with Crippen molar-refractivity contribution in [2.24, 2.45) is 0 Å². The number of rotatable bonds is 5. The van der Waals surface area contributed by atoms with Crippen molar-refractivity contribution in [3.63, 3.8) is 0 Å².